The first-order valence-electron chi connectivity index (χ1n) is 5.04. The number of aldehydes is 1. The molecule has 2 rings (SSSR count). The van der Waals surface area contributed by atoms with Crippen molar-refractivity contribution in [1.82, 2.24) is 9.78 Å². The Morgan fingerprint density at radius 2 is 2.35 bits per heavy atom. The van der Waals surface area contributed by atoms with Crippen molar-refractivity contribution >= 4 is 17.9 Å². The van der Waals surface area contributed by atoms with Gasteiger partial charge in [-0.05, 0) is 18.2 Å². The Balaban J connectivity index is 2.06. The molecule has 88 valence electrons. The molecule has 0 atom stereocenters. The van der Waals surface area contributed by atoms with E-state index in [1.54, 1.807) is 29.1 Å². The lowest BCUT2D eigenvalue weighted by atomic mass is 10.2. The van der Waals surface area contributed by atoms with Crippen molar-refractivity contribution in [2.75, 3.05) is 0 Å². The molecule has 5 heteroatoms. The number of aryl methyl sites for hydroxylation is 1. The fraction of sp³-hybridized carbons (Fsp3) is 0.167. The van der Waals surface area contributed by atoms with Crippen molar-refractivity contribution in [3.8, 4) is 5.75 Å². The van der Waals surface area contributed by atoms with Crippen LogP contribution in [0.25, 0.3) is 0 Å². The number of hydrogen-bond acceptors (Lipinski definition) is 3. The van der Waals surface area contributed by atoms with Gasteiger partial charge in [-0.15, -0.1) is 0 Å². The van der Waals surface area contributed by atoms with Gasteiger partial charge in [0.05, 0.1) is 11.2 Å². The van der Waals surface area contributed by atoms with Crippen LogP contribution in [0.1, 0.15) is 15.9 Å². The second-order valence-electron chi connectivity index (χ2n) is 3.62. The number of aromatic nitrogens is 2. The van der Waals surface area contributed by atoms with Crippen molar-refractivity contribution < 1.29 is 9.53 Å². The van der Waals surface area contributed by atoms with Gasteiger partial charge in [0.25, 0.3) is 0 Å². The van der Waals surface area contributed by atoms with Crippen LogP contribution < -0.4 is 4.74 Å². The lowest BCUT2D eigenvalue weighted by Crippen LogP contribution is -1.95. The molecule has 0 fully saturated rings. The summed E-state index contributed by atoms with van der Waals surface area (Å²) in [5.41, 5.74) is 1.49. The number of hydrogen-bond donors (Lipinski definition) is 0. The topological polar surface area (TPSA) is 44.1 Å². The summed E-state index contributed by atoms with van der Waals surface area (Å²) < 4.78 is 7.24. The predicted octanol–water partition coefficient (Wildman–Crippen LogP) is 2.47. The number of carbonyl (C=O) groups is 1. The van der Waals surface area contributed by atoms with Crippen LogP contribution in [0.15, 0.2) is 30.6 Å². The fourth-order valence-corrected chi connectivity index (χ4v) is 1.66. The lowest BCUT2D eigenvalue weighted by Gasteiger charge is -2.06. The highest BCUT2D eigenvalue weighted by atomic mass is 35.5. The zero-order chi connectivity index (χ0) is 12.3. The molecule has 1 heterocycles. The average molecular weight is 251 g/mol. The zero-order valence-electron chi connectivity index (χ0n) is 9.26. The third kappa shape index (κ3) is 2.85. The van der Waals surface area contributed by atoms with Crippen LogP contribution in [0.5, 0.6) is 5.75 Å². The summed E-state index contributed by atoms with van der Waals surface area (Å²) in [6.07, 6.45) is 4.35. The molecule has 1 aromatic heterocycles. The molecule has 0 aliphatic heterocycles. The maximum Gasteiger partial charge on any atom is 0.150 e. The van der Waals surface area contributed by atoms with Gasteiger partial charge in [-0.3, -0.25) is 9.48 Å². The SMILES string of the molecule is Cn1cc(COc2ccc(C=O)cc2Cl)cn1. The Kier molecular flexibility index (Phi) is 3.44. The van der Waals surface area contributed by atoms with E-state index in [2.05, 4.69) is 5.10 Å². The lowest BCUT2D eigenvalue weighted by molar-refractivity contribution is 0.112. The monoisotopic (exact) mass is 250 g/mol. The molecule has 0 aliphatic rings. The van der Waals surface area contributed by atoms with Gasteiger partial charge in [-0.2, -0.15) is 5.10 Å². The van der Waals surface area contributed by atoms with Gasteiger partial charge in [0.15, 0.2) is 0 Å². The Hall–Kier alpha value is -1.81. The molecular weight excluding hydrogens is 240 g/mol. The molecule has 17 heavy (non-hydrogen) atoms. The standard InChI is InChI=1S/C12H11ClN2O2/c1-15-6-10(5-14-15)8-17-12-3-2-9(7-16)4-11(12)13/h2-7H,8H2,1H3. The summed E-state index contributed by atoms with van der Waals surface area (Å²) in [5, 5.41) is 4.47. The summed E-state index contributed by atoms with van der Waals surface area (Å²) in [6.45, 7) is 0.397. The van der Waals surface area contributed by atoms with Gasteiger partial charge in [0.2, 0.25) is 0 Å². The Morgan fingerprint density at radius 3 is 2.94 bits per heavy atom. The van der Waals surface area contributed by atoms with E-state index in [0.717, 1.165) is 11.8 Å². The number of ether oxygens (including phenoxy) is 1. The van der Waals surface area contributed by atoms with Crippen LogP contribution in [0.3, 0.4) is 0 Å². The van der Waals surface area contributed by atoms with E-state index in [1.807, 2.05) is 13.2 Å². The van der Waals surface area contributed by atoms with E-state index >= 15 is 0 Å². The van der Waals surface area contributed by atoms with Crippen molar-refractivity contribution in [3.63, 3.8) is 0 Å². The molecule has 0 unspecified atom stereocenters. The molecule has 0 saturated carbocycles. The number of rotatable bonds is 4. The molecule has 2 aromatic rings. The van der Waals surface area contributed by atoms with Crippen LogP contribution in [0, 0.1) is 0 Å². The van der Waals surface area contributed by atoms with Crippen LogP contribution in [-0.2, 0) is 13.7 Å². The summed E-state index contributed by atoms with van der Waals surface area (Å²) in [4.78, 5) is 10.5. The van der Waals surface area contributed by atoms with Gasteiger partial charge >= 0.3 is 0 Å². The van der Waals surface area contributed by atoms with Gasteiger partial charge in [-0.1, -0.05) is 11.6 Å². The smallest absolute Gasteiger partial charge is 0.150 e. The summed E-state index contributed by atoms with van der Waals surface area (Å²) in [6, 6.07) is 4.92. The van der Waals surface area contributed by atoms with Crippen LogP contribution in [0.4, 0.5) is 0 Å². The molecule has 0 aliphatic carbocycles. The van der Waals surface area contributed by atoms with Crippen molar-refractivity contribution in [1.29, 1.82) is 0 Å². The van der Waals surface area contributed by atoms with Crippen molar-refractivity contribution in [2.24, 2.45) is 7.05 Å². The molecular formula is C12H11ClN2O2. The molecule has 0 amide bonds. The molecule has 0 bridgehead atoms. The number of carbonyl (C=O) groups excluding carboxylic acids is 1. The minimum absolute atomic E-state index is 0.397. The normalized spacial score (nSPS) is 10.2. The van der Waals surface area contributed by atoms with Gasteiger partial charge in [0.1, 0.15) is 18.6 Å². The summed E-state index contributed by atoms with van der Waals surface area (Å²) >= 11 is 5.97. The minimum atomic E-state index is 0.397. The Bertz CT molecular complexity index is 537. The Morgan fingerprint density at radius 1 is 1.53 bits per heavy atom. The number of benzene rings is 1. The zero-order valence-corrected chi connectivity index (χ0v) is 10.0. The highest BCUT2D eigenvalue weighted by molar-refractivity contribution is 6.32. The third-order valence-electron chi connectivity index (χ3n) is 2.24. The van der Waals surface area contributed by atoms with E-state index in [0.29, 0.717) is 22.9 Å². The molecule has 0 saturated heterocycles. The maximum atomic E-state index is 10.5. The Labute approximate surface area is 104 Å². The average Bonchev–Trinajstić information content (AvgIpc) is 2.73. The first-order chi connectivity index (χ1) is 8.19. The second-order valence-corrected chi connectivity index (χ2v) is 4.03. The molecule has 4 nitrogen and oxygen atoms in total. The van der Waals surface area contributed by atoms with E-state index in [4.69, 9.17) is 16.3 Å². The quantitative estimate of drug-likeness (QED) is 0.783. The largest absolute Gasteiger partial charge is 0.487 e. The second kappa shape index (κ2) is 5.01. The van der Waals surface area contributed by atoms with Crippen LogP contribution in [0.2, 0.25) is 5.02 Å². The first kappa shape index (κ1) is 11.7. The fourth-order valence-electron chi connectivity index (χ4n) is 1.41. The number of nitrogens with zero attached hydrogens (tertiary/aromatic N) is 2. The van der Waals surface area contributed by atoms with Crippen molar-refractivity contribution in [2.45, 2.75) is 6.61 Å². The van der Waals surface area contributed by atoms with Crippen LogP contribution >= 0.6 is 11.6 Å². The van der Waals surface area contributed by atoms with Crippen LogP contribution in [-0.4, -0.2) is 16.1 Å². The molecule has 0 N–H and O–H groups in total. The van der Waals surface area contributed by atoms with Gasteiger partial charge in [-0.25, -0.2) is 0 Å². The van der Waals surface area contributed by atoms with E-state index in [1.165, 1.54) is 0 Å². The predicted molar refractivity (Wildman–Crippen MR) is 64.4 cm³/mol. The maximum absolute atomic E-state index is 10.5. The minimum Gasteiger partial charge on any atom is -0.487 e. The first-order valence-corrected chi connectivity index (χ1v) is 5.42. The third-order valence-corrected chi connectivity index (χ3v) is 2.54. The van der Waals surface area contributed by atoms with Crippen molar-refractivity contribution in [3.05, 3.63) is 46.7 Å². The van der Waals surface area contributed by atoms with E-state index in [9.17, 15) is 4.79 Å². The highest BCUT2D eigenvalue weighted by Crippen LogP contribution is 2.25. The summed E-state index contributed by atoms with van der Waals surface area (Å²) in [7, 11) is 1.84. The molecule has 1 aromatic carbocycles. The summed E-state index contributed by atoms with van der Waals surface area (Å²) in [5.74, 6) is 0.557. The highest BCUT2D eigenvalue weighted by Gasteiger charge is 2.04. The van der Waals surface area contributed by atoms with Gasteiger partial charge < -0.3 is 4.74 Å². The molecule has 0 radical (unpaired) electrons. The van der Waals surface area contributed by atoms with Gasteiger partial charge in [0, 0.05) is 24.4 Å². The van der Waals surface area contributed by atoms with E-state index < -0.39 is 0 Å². The number of halogens is 1. The molecule has 0 spiro atoms. The van der Waals surface area contributed by atoms with E-state index in [-0.39, 0.29) is 0 Å².